The van der Waals surface area contributed by atoms with Crippen LogP contribution >= 0.6 is 0 Å². The Kier molecular flexibility index (Phi) is 4.72. The van der Waals surface area contributed by atoms with Crippen molar-refractivity contribution in [3.63, 3.8) is 0 Å². The lowest BCUT2D eigenvalue weighted by Gasteiger charge is -2.05. The molecule has 1 N–H and O–H groups in total. The van der Waals surface area contributed by atoms with Gasteiger partial charge in [-0.25, -0.2) is 4.68 Å². The number of aromatic nitrogens is 5. The standard InChI is InChI=1S/C23H18N6O2/c1-15-21(23(30)25-14-17-9-5-6-12-24-17)26-28-29(15)18-10-11-20-19(13-18)22(31-27-20)16-7-3-2-4-8-16/h2-13H,14H2,1H3,(H,25,30). The van der Waals surface area contributed by atoms with Crippen LogP contribution in [0, 0.1) is 6.92 Å². The summed E-state index contributed by atoms with van der Waals surface area (Å²) in [5, 5.41) is 16.1. The number of hydrogen-bond acceptors (Lipinski definition) is 6. The first-order valence-electron chi connectivity index (χ1n) is 9.76. The monoisotopic (exact) mass is 410 g/mol. The van der Waals surface area contributed by atoms with E-state index in [2.05, 4.69) is 25.8 Å². The fourth-order valence-electron chi connectivity index (χ4n) is 3.40. The zero-order valence-electron chi connectivity index (χ0n) is 16.7. The molecule has 2 aromatic carbocycles. The third-order valence-corrected chi connectivity index (χ3v) is 5.01. The van der Waals surface area contributed by atoms with Crippen LogP contribution in [0.5, 0.6) is 0 Å². The molecule has 0 fully saturated rings. The summed E-state index contributed by atoms with van der Waals surface area (Å²) >= 11 is 0. The molecule has 0 spiro atoms. The van der Waals surface area contributed by atoms with E-state index in [-0.39, 0.29) is 11.6 Å². The molecule has 0 aliphatic heterocycles. The first kappa shape index (κ1) is 18.7. The lowest BCUT2D eigenvalue weighted by molar-refractivity contribution is 0.0944. The van der Waals surface area contributed by atoms with Gasteiger partial charge in [0.1, 0.15) is 5.52 Å². The average molecular weight is 410 g/mol. The molecule has 31 heavy (non-hydrogen) atoms. The Morgan fingerprint density at radius 3 is 2.71 bits per heavy atom. The molecule has 0 bridgehead atoms. The molecule has 8 nitrogen and oxygen atoms in total. The summed E-state index contributed by atoms with van der Waals surface area (Å²) in [6.07, 6.45) is 1.69. The van der Waals surface area contributed by atoms with Crippen molar-refractivity contribution in [2.75, 3.05) is 0 Å². The van der Waals surface area contributed by atoms with Crippen molar-refractivity contribution in [3.8, 4) is 17.0 Å². The van der Waals surface area contributed by atoms with Crippen LogP contribution in [0.4, 0.5) is 0 Å². The third-order valence-electron chi connectivity index (χ3n) is 5.01. The molecule has 0 atom stereocenters. The van der Waals surface area contributed by atoms with Crippen molar-refractivity contribution >= 4 is 16.8 Å². The van der Waals surface area contributed by atoms with E-state index in [1.54, 1.807) is 10.9 Å². The largest absolute Gasteiger partial charge is 0.355 e. The number of benzene rings is 2. The van der Waals surface area contributed by atoms with Crippen molar-refractivity contribution in [2.45, 2.75) is 13.5 Å². The molecule has 1 amide bonds. The van der Waals surface area contributed by atoms with Gasteiger partial charge >= 0.3 is 0 Å². The van der Waals surface area contributed by atoms with Crippen molar-refractivity contribution in [1.82, 2.24) is 30.5 Å². The van der Waals surface area contributed by atoms with E-state index < -0.39 is 0 Å². The molecule has 0 unspecified atom stereocenters. The van der Waals surface area contributed by atoms with Gasteiger partial charge in [0, 0.05) is 11.8 Å². The summed E-state index contributed by atoms with van der Waals surface area (Å²) < 4.78 is 7.21. The van der Waals surface area contributed by atoms with E-state index in [1.807, 2.05) is 73.7 Å². The molecule has 0 saturated carbocycles. The molecular weight excluding hydrogens is 392 g/mol. The highest BCUT2D eigenvalue weighted by atomic mass is 16.5. The van der Waals surface area contributed by atoms with E-state index in [0.29, 0.717) is 18.0 Å². The van der Waals surface area contributed by atoms with Crippen LogP contribution in [-0.4, -0.2) is 31.0 Å². The highest BCUT2D eigenvalue weighted by molar-refractivity contribution is 5.94. The van der Waals surface area contributed by atoms with Gasteiger partial charge in [-0.1, -0.05) is 46.8 Å². The van der Waals surface area contributed by atoms with Crippen molar-refractivity contribution < 1.29 is 9.32 Å². The number of hydrogen-bond donors (Lipinski definition) is 1. The van der Waals surface area contributed by atoms with Crippen LogP contribution < -0.4 is 5.32 Å². The second kappa shape index (κ2) is 7.83. The Morgan fingerprint density at radius 1 is 1.06 bits per heavy atom. The van der Waals surface area contributed by atoms with Crippen LogP contribution in [0.3, 0.4) is 0 Å². The first-order chi connectivity index (χ1) is 15.2. The van der Waals surface area contributed by atoms with Gasteiger partial charge in [-0.2, -0.15) is 0 Å². The van der Waals surface area contributed by atoms with E-state index in [4.69, 9.17) is 4.52 Å². The maximum atomic E-state index is 12.6. The number of amides is 1. The van der Waals surface area contributed by atoms with Gasteiger partial charge in [-0.05, 0) is 37.3 Å². The van der Waals surface area contributed by atoms with Crippen LogP contribution in [0.15, 0.2) is 77.4 Å². The summed E-state index contributed by atoms with van der Waals surface area (Å²) in [6, 6.07) is 21.0. The highest BCUT2D eigenvalue weighted by Gasteiger charge is 2.19. The Morgan fingerprint density at radius 2 is 1.90 bits per heavy atom. The topological polar surface area (TPSA) is 98.7 Å². The summed E-state index contributed by atoms with van der Waals surface area (Å²) in [4.78, 5) is 16.8. The zero-order valence-corrected chi connectivity index (χ0v) is 16.7. The number of nitrogens with one attached hydrogen (secondary N) is 1. The fraction of sp³-hybridized carbons (Fsp3) is 0.0870. The molecule has 152 valence electrons. The SMILES string of the molecule is Cc1c(C(=O)NCc2ccccn2)nnn1-c1ccc2noc(-c3ccccc3)c2c1. The summed E-state index contributed by atoms with van der Waals surface area (Å²) in [5.74, 6) is 0.383. The van der Waals surface area contributed by atoms with Crippen LogP contribution in [0.25, 0.3) is 27.9 Å². The Balaban J connectivity index is 1.44. The second-order valence-corrected chi connectivity index (χ2v) is 7.02. The van der Waals surface area contributed by atoms with Crippen molar-refractivity contribution in [1.29, 1.82) is 0 Å². The highest BCUT2D eigenvalue weighted by Crippen LogP contribution is 2.30. The van der Waals surface area contributed by atoms with Crippen molar-refractivity contribution in [3.05, 3.63) is 90.0 Å². The lowest BCUT2D eigenvalue weighted by Crippen LogP contribution is -2.24. The molecule has 8 heteroatoms. The molecule has 0 radical (unpaired) electrons. The summed E-state index contributed by atoms with van der Waals surface area (Å²) in [5.41, 5.74) is 4.12. The van der Waals surface area contributed by atoms with Crippen LogP contribution in [0.1, 0.15) is 21.9 Å². The number of pyridine rings is 1. The quantitative estimate of drug-likeness (QED) is 0.474. The lowest BCUT2D eigenvalue weighted by atomic mass is 10.1. The minimum absolute atomic E-state index is 0.268. The van der Waals surface area contributed by atoms with Gasteiger partial charge in [0.25, 0.3) is 5.91 Å². The van der Waals surface area contributed by atoms with E-state index in [0.717, 1.165) is 27.8 Å². The maximum Gasteiger partial charge on any atom is 0.274 e. The predicted octanol–water partition coefficient (Wildman–Crippen LogP) is 3.71. The number of carbonyl (C=O) groups is 1. The first-order valence-corrected chi connectivity index (χ1v) is 9.76. The Hall–Kier alpha value is -4.33. The normalized spacial score (nSPS) is 11.0. The number of rotatable bonds is 5. The predicted molar refractivity (Wildman–Crippen MR) is 115 cm³/mol. The maximum absolute atomic E-state index is 12.6. The zero-order chi connectivity index (χ0) is 21.2. The van der Waals surface area contributed by atoms with Gasteiger partial charge in [0.05, 0.1) is 29.0 Å². The van der Waals surface area contributed by atoms with Gasteiger partial charge in [-0.3, -0.25) is 9.78 Å². The number of carbonyl (C=O) groups excluding carboxylic acids is 1. The van der Waals surface area contributed by atoms with Gasteiger partial charge in [0.15, 0.2) is 11.5 Å². The smallest absolute Gasteiger partial charge is 0.274 e. The second-order valence-electron chi connectivity index (χ2n) is 7.02. The third kappa shape index (κ3) is 3.55. The van der Waals surface area contributed by atoms with Gasteiger partial charge in [0.2, 0.25) is 0 Å². The minimum atomic E-state index is -0.301. The summed E-state index contributed by atoms with van der Waals surface area (Å²) in [7, 11) is 0. The van der Waals surface area contributed by atoms with Crippen LogP contribution in [0.2, 0.25) is 0 Å². The Labute approximate surface area is 177 Å². The minimum Gasteiger partial charge on any atom is -0.355 e. The average Bonchev–Trinajstić information content (AvgIpc) is 3.42. The van der Waals surface area contributed by atoms with Crippen molar-refractivity contribution in [2.24, 2.45) is 0 Å². The van der Waals surface area contributed by atoms with E-state index >= 15 is 0 Å². The fourth-order valence-corrected chi connectivity index (χ4v) is 3.40. The van der Waals surface area contributed by atoms with E-state index in [1.165, 1.54) is 0 Å². The number of nitrogens with zero attached hydrogens (tertiary/aromatic N) is 5. The van der Waals surface area contributed by atoms with Crippen LogP contribution in [-0.2, 0) is 6.54 Å². The molecule has 0 saturated heterocycles. The molecular formula is C23H18N6O2. The van der Waals surface area contributed by atoms with Gasteiger partial charge < -0.3 is 9.84 Å². The molecule has 3 heterocycles. The molecule has 5 rings (SSSR count). The Bertz CT molecular complexity index is 1360. The molecule has 0 aliphatic carbocycles. The molecule has 0 aliphatic rings. The molecule has 3 aromatic heterocycles. The number of fused-ring (bicyclic) bond motifs is 1. The summed E-state index contributed by atoms with van der Waals surface area (Å²) in [6.45, 7) is 2.13. The molecule has 5 aromatic rings. The van der Waals surface area contributed by atoms with E-state index in [9.17, 15) is 4.79 Å². The van der Waals surface area contributed by atoms with Gasteiger partial charge in [-0.15, -0.1) is 5.10 Å².